The standard InChI is InChI=1S/C11H18GeP/c1-12(2)9-6-10-13-11-7-4-3-5-8-11/h3-5,7-8,13H,6,9-10H2,1-2H3. The quantitative estimate of drug-likeness (QED) is 0.430. The van der Waals surface area contributed by atoms with Crippen molar-refractivity contribution in [2.45, 2.75) is 23.2 Å². The molecule has 1 aromatic rings. The van der Waals surface area contributed by atoms with E-state index in [0.717, 1.165) is 8.58 Å². The van der Waals surface area contributed by atoms with Gasteiger partial charge >= 0.3 is 87.9 Å². The van der Waals surface area contributed by atoms with Gasteiger partial charge < -0.3 is 0 Å². The van der Waals surface area contributed by atoms with E-state index in [-0.39, 0.29) is 0 Å². The first-order chi connectivity index (χ1) is 6.29. The number of hydrogen-bond donors (Lipinski definition) is 0. The summed E-state index contributed by atoms with van der Waals surface area (Å²) in [6.07, 6.45) is 2.86. The first kappa shape index (κ1) is 11.3. The first-order valence-electron chi connectivity index (χ1n) is 4.87. The van der Waals surface area contributed by atoms with Gasteiger partial charge in [-0.1, -0.05) is 0 Å². The van der Waals surface area contributed by atoms with Crippen LogP contribution in [0.4, 0.5) is 0 Å². The van der Waals surface area contributed by atoms with Gasteiger partial charge in [0.25, 0.3) is 0 Å². The van der Waals surface area contributed by atoms with E-state index in [1.165, 1.54) is 17.9 Å². The molecule has 71 valence electrons. The molecule has 0 N–H and O–H groups in total. The van der Waals surface area contributed by atoms with E-state index in [4.69, 9.17) is 0 Å². The summed E-state index contributed by atoms with van der Waals surface area (Å²) in [6.45, 7) is 0. The van der Waals surface area contributed by atoms with Crippen LogP contribution in [0.2, 0.25) is 16.8 Å². The molecule has 0 aliphatic carbocycles. The molecule has 1 aromatic carbocycles. The van der Waals surface area contributed by atoms with Crippen LogP contribution in [-0.4, -0.2) is 20.5 Å². The topological polar surface area (TPSA) is 0 Å². The van der Waals surface area contributed by atoms with Gasteiger partial charge in [-0.05, 0) is 0 Å². The number of hydrogen-bond acceptors (Lipinski definition) is 0. The molecular formula is C11H18GeP. The predicted molar refractivity (Wildman–Crippen MR) is 66.2 cm³/mol. The van der Waals surface area contributed by atoms with Crippen LogP contribution in [-0.2, 0) is 0 Å². The fourth-order valence-electron chi connectivity index (χ4n) is 1.23. The predicted octanol–water partition coefficient (Wildman–Crippen LogP) is 3.13. The van der Waals surface area contributed by atoms with E-state index in [1.807, 2.05) is 0 Å². The Labute approximate surface area is 88.0 Å². The zero-order valence-electron chi connectivity index (χ0n) is 8.51. The average Bonchev–Trinajstić information content (AvgIpc) is 2.14. The van der Waals surface area contributed by atoms with Crippen molar-refractivity contribution in [1.29, 1.82) is 0 Å². The van der Waals surface area contributed by atoms with E-state index in [9.17, 15) is 0 Å². The summed E-state index contributed by atoms with van der Waals surface area (Å²) in [7, 11) is 1.03. The second-order valence-electron chi connectivity index (χ2n) is 3.60. The fourth-order valence-corrected chi connectivity index (χ4v) is 4.90. The summed E-state index contributed by atoms with van der Waals surface area (Å²) in [5.74, 6) is 4.93. The SMILES string of the molecule is [CH3][Ge]([CH3])[CH2]CCPc1ccccc1. The normalized spacial score (nSPS) is 11.6. The van der Waals surface area contributed by atoms with Gasteiger partial charge in [0.15, 0.2) is 0 Å². The molecule has 0 aliphatic heterocycles. The summed E-state index contributed by atoms with van der Waals surface area (Å²) in [5, 5.41) is 3.07. The monoisotopic (exact) mass is 255 g/mol. The van der Waals surface area contributed by atoms with Crippen LogP contribution in [0.25, 0.3) is 0 Å². The summed E-state index contributed by atoms with van der Waals surface area (Å²) in [4.78, 5) is 0. The van der Waals surface area contributed by atoms with Gasteiger partial charge in [-0.2, -0.15) is 0 Å². The van der Waals surface area contributed by atoms with Crippen molar-refractivity contribution in [2.24, 2.45) is 0 Å². The Kier molecular flexibility index (Phi) is 5.74. The summed E-state index contributed by atoms with van der Waals surface area (Å²) in [5.41, 5.74) is 0. The van der Waals surface area contributed by atoms with Crippen molar-refractivity contribution < 1.29 is 0 Å². The Morgan fingerprint density at radius 1 is 1.15 bits per heavy atom. The molecule has 0 amide bonds. The molecule has 1 unspecified atom stereocenters. The van der Waals surface area contributed by atoms with Crippen LogP contribution in [0.3, 0.4) is 0 Å². The van der Waals surface area contributed by atoms with Gasteiger partial charge in [-0.3, -0.25) is 0 Å². The Morgan fingerprint density at radius 3 is 2.46 bits per heavy atom. The Morgan fingerprint density at radius 2 is 1.85 bits per heavy atom. The Hall–Kier alpha value is 0.193. The molecule has 1 radical (unpaired) electrons. The fraction of sp³-hybridized carbons (Fsp3) is 0.455. The van der Waals surface area contributed by atoms with Crippen molar-refractivity contribution in [3.8, 4) is 0 Å². The molecule has 0 heterocycles. The Bertz CT molecular complexity index is 221. The molecule has 0 fully saturated rings. The molecule has 0 aromatic heterocycles. The molecule has 2 heteroatoms. The molecule has 0 spiro atoms. The van der Waals surface area contributed by atoms with Gasteiger partial charge in [-0.25, -0.2) is 0 Å². The van der Waals surface area contributed by atoms with Crippen molar-refractivity contribution in [2.75, 3.05) is 6.16 Å². The molecular weight excluding hydrogens is 236 g/mol. The third kappa shape index (κ3) is 5.49. The van der Waals surface area contributed by atoms with Crippen LogP contribution in [0, 0.1) is 0 Å². The minimum atomic E-state index is -0.522. The van der Waals surface area contributed by atoms with E-state index in [0.29, 0.717) is 0 Å². The molecule has 0 saturated carbocycles. The summed E-state index contributed by atoms with van der Waals surface area (Å²) in [6, 6.07) is 10.9. The van der Waals surface area contributed by atoms with Gasteiger partial charge in [0, 0.05) is 0 Å². The summed E-state index contributed by atoms with van der Waals surface area (Å²) < 4.78 is 0. The van der Waals surface area contributed by atoms with E-state index < -0.39 is 14.3 Å². The molecule has 0 aliphatic rings. The Balaban J connectivity index is 2.13. The van der Waals surface area contributed by atoms with Crippen LogP contribution in [0.1, 0.15) is 6.42 Å². The number of benzene rings is 1. The first-order valence-corrected chi connectivity index (χ1v) is 11.8. The minimum absolute atomic E-state index is 0.522. The van der Waals surface area contributed by atoms with Crippen LogP contribution >= 0.6 is 8.58 Å². The van der Waals surface area contributed by atoms with E-state index in [1.54, 1.807) is 5.25 Å². The molecule has 13 heavy (non-hydrogen) atoms. The molecule has 0 bridgehead atoms. The third-order valence-corrected chi connectivity index (χ3v) is 6.14. The van der Waals surface area contributed by atoms with E-state index in [2.05, 4.69) is 41.8 Å². The van der Waals surface area contributed by atoms with Crippen LogP contribution in [0.5, 0.6) is 0 Å². The number of rotatable bonds is 5. The van der Waals surface area contributed by atoms with Crippen molar-refractivity contribution in [3.63, 3.8) is 0 Å². The third-order valence-electron chi connectivity index (χ3n) is 1.96. The van der Waals surface area contributed by atoms with Gasteiger partial charge in [0.1, 0.15) is 0 Å². The van der Waals surface area contributed by atoms with E-state index >= 15 is 0 Å². The second-order valence-corrected chi connectivity index (χ2v) is 11.1. The zero-order valence-corrected chi connectivity index (χ0v) is 11.6. The maximum absolute atomic E-state index is 2.46. The molecule has 1 atom stereocenters. The second kappa shape index (κ2) is 6.62. The van der Waals surface area contributed by atoms with Crippen LogP contribution in [0.15, 0.2) is 30.3 Å². The van der Waals surface area contributed by atoms with Crippen molar-refractivity contribution >= 4 is 28.2 Å². The average molecular weight is 254 g/mol. The van der Waals surface area contributed by atoms with Gasteiger partial charge in [0.2, 0.25) is 0 Å². The zero-order chi connectivity index (χ0) is 9.52. The molecule has 0 saturated heterocycles. The maximum atomic E-state index is 2.46. The van der Waals surface area contributed by atoms with Gasteiger partial charge in [-0.15, -0.1) is 0 Å². The molecule has 1 rings (SSSR count). The summed E-state index contributed by atoms with van der Waals surface area (Å²) >= 11 is -0.522. The van der Waals surface area contributed by atoms with Crippen molar-refractivity contribution in [1.82, 2.24) is 0 Å². The van der Waals surface area contributed by atoms with Gasteiger partial charge in [0.05, 0.1) is 0 Å². The van der Waals surface area contributed by atoms with Crippen molar-refractivity contribution in [3.05, 3.63) is 30.3 Å². The molecule has 0 nitrogen and oxygen atoms in total. The van der Waals surface area contributed by atoms with Crippen LogP contribution < -0.4 is 5.30 Å².